The molecule has 0 bridgehead atoms. The van der Waals surface area contributed by atoms with Gasteiger partial charge in [-0.05, 0) is 43.6 Å². The molecule has 0 spiro atoms. The van der Waals surface area contributed by atoms with Crippen molar-refractivity contribution in [2.24, 2.45) is 0 Å². The van der Waals surface area contributed by atoms with Crippen molar-refractivity contribution in [2.75, 3.05) is 5.32 Å². The number of hydrogen-bond donors (Lipinski definition) is 2. The molecule has 3 nitrogen and oxygen atoms in total. The van der Waals surface area contributed by atoms with Crippen LogP contribution in [-0.4, -0.2) is 16.1 Å². The van der Waals surface area contributed by atoms with E-state index in [2.05, 4.69) is 15.6 Å². The van der Waals surface area contributed by atoms with Gasteiger partial charge in [-0.25, -0.2) is 4.98 Å². The Bertz CT molecular complexity index is 430. The van der Waals surface area contributed by atoms with E-state index in [1.54, 1.807) is 6.20 Å². The molecule has 1 aliphatic carbocycles. The monoisotopic (exact) mass is 283 g/mol. The molecule has 1 fully saturated rings. The van der Waals surface area contributed by atoms with Crippen molar-refractivity contribution in [1.29, 1.82) is 0 Å². The Morgan fingerprint density at radius 1 is 1.39 bits per heavy atom. The normalized spacial score (nSPS) is 16.3. The predicted octanol–water partition coefficient (Wildman–Crippen LogP) is 3.66. The van der Waals surface area contributed by atoms with Crippen LogP contribution in [0.3, 0.4) is 0 Å². The molecule has 0 aliphatic heterocycles. The minimum atomic E-state index is 0.489. The Kier molecular flexibility index (Phi) is 4.78. The Labute approximate surface area is 118 Å². The van der Waals surface area contributed by atoms with Gasteiger partial charge in [0.05, 0.1) is 5.02 Å². The first-order chi connectivity index (χ1) is 8.65. The molecule has 1 aliphatic rings. The number of nitrogens with one attached hydrogen (secondary N) is 2. The van der Waals surface area contributed by atoms with E-state index in [0.29, 0.717) is 22.0 Å². The van der Waals surface area contributed by atoms with Crippen molar-refractivity contribution in [2.45, 2.75) is 45.1 Å². The van der Waals surface area contributed by atoms with Crippen molar-refractivity contribution in [1.82, 2.24) is 10.3 Å². The summed E-state index contributed by atoms with van der Waals surface area (Å²) < 4.78 is 0. The Balaban J connectivity index is 1.90. The maximum absolute atomic E-state index is 6.10. The molecular weight excluding hydrogens is 266 g/mol. The summed E-state index contributed by atoms with van der Waals surface area (Å²) in [7, 11) is 0. The summed E-state index contributed by atoms with van der Waals surface area (Å²) in [6.45, 7) is 1.96. The Morgan fingerprint density at radius 3 is 2.78 bits per heavy atom. The summed E-state index contributed by atoms with van der Waals surface area (Å²) in [6.07, 6.45) is 8.06. The number of anilines is 1. The highest BCUT2D eigenvalue weighted by Crippen LogP contribution is 2.20. The molecule has 0 radical (unpaired) electrons. The maximum Gasteiger partial charge on any atom is 0.172 e. The molecule has 0 unspecified atom stereocenters. The van der Waals surface area contributed by atoms with Crippen LogP contribution < -0.4 is 10.6 Å². The van der Waals surface area contributed by atoms with Crippen molar-refractivity contribution in [3.8, 4) is 0 Å². The lowest BCUT2D eigenvalue weighted by molar-refractivity contribution is 0.415. The number of rotatable bonds is 2. The molecule has 0 saturated heterocycles. The average Bonchev–Trinajstić information content (AvgIpc) is 2.34. The summed E-state index contributed by atoms with van der Waals surface area (Å²) >= 11 is 11.4. The first-order valence-corrected chi connectivity index (χ1v) is 7.13. The number of hydrogen-bond acceptors (Lipinski definition) is 2. The molecule has 0 aromatic carbocycles. The lowest BCUT2D eigenvalue weighted by atomic mass is 9.96. The van der Waals surface area contributed by atoms with Gasteiger partial charge in [0.25, 0.3) is 0 Å². The smallest absolute Gasteiger partial charge is 0.172 e. The van der Waals surface area contributed by atoms with E-state index in [1.807, 2.05) is 13.0 Å². The van der Waals surface area contributed by atoms with Gasteiger partial charge < -0.3 is 10.6 Å². The lowest BCUT2D eigenvalue weighted by Gasteiger charge is -2.24. The second-order valence-corrected chi connectivity index (χ2v) is 5.59. The molecule has 1 saturated carbocycles. The summed E-state index contributed by atoms with van der Waals surface area (Å²) in [4.78, 5) is 4.24. The van der Waals surface area contributed by atoms with E-state index in [0.717, 1.165) is 5.56 Å². The third-order valence-electron chi connectivity index (χ3n) is 3.15. The van der Waals surface area contributed by atoms with E-state index in [-0.39, 0.29) is 0 Å². The third-order valence-corrected chi connectivity index (χ3v) is 3.66. The van der Waals surface area contributed by atoms with E-state index < -0.39 is 0 Å². The molecule has 5 heteroatoms. The van der Waals surface area contributed by atoms with Crippen molar-refractivity contribution in [3.63, 3.8) is 0 Å². The van der Waals surface area contributed by atoms with Crippen LogP contribution in [-0.2, 0) is 0 Å². The topological polar surface area (TPSA) is 37.0 Å². The standard InChI is InChI=1S/C13H18ClN3S/c1-9-7-11(14)12(15-8-9)17-13(18)16-10-5-3-2-4-6-10/h7-8,10H,2-6H2,1H3,(H2,15,16,17,18). The highest BCUT2D eigenvalue weighted by atomic mass is 35.5. The van der Waals surface area contributed by atoms with Gasteiger partial charge in [0.2, 0.25) is 0 Å². The average molecular weight is 284 g/mol. The highest BCUT2D eigenvalue weighted by molar-refractivity contribution is 7.80. The number of aryl methyl sites for hydroxylation is 1. The highest BCUT2D eigenvalue weighted by Gasteiger charge is 2.14. The van der Waals surface area contributed by atoms with Crippen LogP contribution in [0, 0.1) is 6.92 Å². The third kappa shape index (κ3) is 3.82. The fourth-order valence-electron chi connectivity index (χ4n) is 2.20. The van der Waals surface area contributed by atoms with Gasteiger partial charge in [0, 0.05) is 12.2 Å². The Hall–Kier alpha value is -0.870. The van der Waals surface area contributed by atoms with E-state index in [9.17, 15) is 0 Å². The van der Waals surface area contributed by atoms with Crippen LogP contribution in [0.15, 0.2) is 12.3 Å². The number of halogens is 1. The second-order valence-electron chi connectivity index (χ2n) is 4.78. The molecule has 1 heterocycles. The van der Waals surface area contributed by atoms with Crippen LogP contribution in [0.1, 0.15) is 37.7 Å². The molecule has 0 amide bonds. The zero-order valence-electron chi connectivity index (χ0n) is 10.5. The van der Waals surface area contributed by atoms with Crippen molar-refractivity contribution < 1.29 is 0 Å². The van der Waals surface area contributed by atoms with Crippen molar-refractivity contribution >= 4 is 34.7 Å². The largest absolute Gasteiger partial charge is 0.360 e. The summed E-state index contributed by atoms with van der Waals surface area (Å²) in [5.41, 5.74) is 1.04. The van der Waals surface area contributed by atoms with Gasteiger partial charge in [-0.1, -0.05) is 30.9 Å². The van der Waals surface area contributed by atoms with Crippen LogP contribution in [0.2, 0.25) is 5.02 Å². The Morgan fingerprint density at radius 2 is 2.11 bits per heavy atom. The zero-order valence-corrected chi connectivity index (χ0v) is 12.1. The minimum Gasteiger partial charge on any atom is -0.360 e. The molecule has 2 N–H and O–H groups in total. The molecule has 98 valence electrons. The molecule has 2 rings (SSSR count). The van der Waals surface area contributed by atoms with Gasteiger partial charge in [0.15, 0.2) is 10.9 Å². The van der Waals surface area contributed by atoms with Gasteiger partial charge in [-0.2, -0.15) is 0 Å². The minimum absolute atomic E-state index is 0.489. The number of thiocarbonyl (C=S) groups is 1. The molecule has 1 aromatic rings. The summed E-state index contributed by atoms with van der Waals surface area (Å²) in [5.74, 6) is 0.621. The summed E-state index contributed by atoms with van der Waals surface area (Å²) in [5, 5.41) is 7.60. The van der Waals surface area contributed by atoms with Crippen LogP contribution in [0.5, 0.6) is 0 Å². The van der Waals surface area contributed by atoms with Crippen LogP contribution in [0.25, 0.3) is 0 Å². The van der Waals surface area contributed by atoms with E-state index in [4.69, 9.17) is 23.8 Å². The SMILES string of the molecule is Cc1cnc(NC(=S)NC2CCCCC2)c(Cl)c1. The van der Waals surface area contributed by atoms with Gasteiger partial charge in [-0.3, -0.25) is 0 Å². The number of nitrogens with zero attached hydrogens (tertiary/aromatic N) is 1. The lowest BCUT2D eigenvalue weighted by Crippen LogP contribution is -2.39. The maximum atomic E-state index is 6.10. The zero-order chi connectivity index (χ0) is 13.0. The van der Waals surface area contributed by atoms with E-state index >= 15 is 0 Å². The fraction of sp³-hybridized carbons (Fsp3) is 0.538. The molecule has 18 heavy (non-hydrogen) atoms. The van der Waals surface area contributed by atoms with Crippen LogP contribution >= 0.6 is 23.8 Å². The van der Waals surface area contributed by atoms with Gasteiger partial charge in [0.1, 0.15) is 0 Å². The van der Waals surface area contributed by atoms with Crippen molar-refractivity contribution in [3.05, 3.63) is 22.8 Å². The quantitative estimate of drug-likeness (QED) is 0.812. The molecule has 1 aromatic heterocycles. The van der Waals surface area contributed by atoms with E-state index in [1.165, 1.54) is 32.1 Å². The predicted molar refractivity (Wildman–Crippen MR) is 80.2 cm³/mol. The first kappa shape index (κ1) is 13.6. The first-order valence-electron chi connectivity index (χ1n) is 6.35. The summed E-state index contributed by atoms with van der Waals surface area (Å²) in [6, 6.07) is 2.36. The number of aromatic nitrogens is 1. The van der Waals surface area contributed by atoms with Gasteiger partial charge >= 0.3 is 0 Å². The fourth-order valence-corrected chi connectivity index (χ4v) is 2.73. The second kappa shape index (κ2) is 6.34. The number of pyridine rings is 1. The van der Waals surface area contributed by atoms with Crippen LogP contribution in [0.4, 0.5) is 5.82 Å². The molecular formula is C13H18ClN3S. The van der Waals surface area contributed by atoms with Gasteiger partial charge in [-0.15, -0.1) is 0 Å². The molecule has 0 atom stereocenters.